The van der Waals surface area contributed by atoms with Crippen LogP contribution >= 0.6 is 0 Å². The van der Waals surface area contributed by atoms with Gasteiger partial charge < -0.3 is 25.4 Å². The van der Waals surface area contributed by atoms with Crippen molar-refractivity contribution in [2.75, 3.05) is 31.4 Å². The number of carbonyl (C=O) groups is 2. The highest BCUT2D eigenvalue weighted by atomic mass is 16.5. The highest BCUT2D eigenvalue weighted by Gasteiger charge is 2.24. The fourth-order valence-corrected chi connectivity index (χ4v) is 4.25. The Morgan fingerprint density at radius 3 is 2.41 bits per heavy atom. The van der Waals surface area contributed by atoms with E-state index >= 15 is 0 Å². The standard InChI is InChI=1S/C25H29N5O4/c1-30(2)22-18-6-4-5-7-20(18)28-25(29-22)27-17-11-9-16(10-12-17)26-23(32)15-8-13-19(21(31)14-15)24(33)34-3/h4-8,13-14,16-17,31H,9-12H2,1-3H3,(H,26,32)(H,27,28,29). The van der Waals surface area contributed by atoms with E-state index in [0.717, 1.165) is 42.4 Å². The zero-order chi connectivity index (χ0) is 24.2. The molecule has 178 valence electrons. The fourth-order valence-electron chi connectivity index (χ4n) is 4.25. The number of ether oxygens (including phenoxy) is 1. The number of esters is 1. The molecule has 1 aliphatic carbocycles. The van der Waals surface area contributed by atoms with Crippen molar-refractivity contribution in [3.05, 3.63) is 53.6 Å². The molecule has 0 aliphatic heterocycles. The van der Waals surface area contributed by atoms with Gasteiger partial charge in [0.05, 0.1) is 12.6 Å². The Kier molecular flexibility index (Phi) is 6.81. The van der Waals surface area contributed by atoms with E-state index in [1.165, 1.54) is 25.3 Å². The molecule has 3 N–H and O–H groups in total. The van der Waals surface area contributed by atoms with E-state index in [0.29, 0.717) is 11.5 Å². The Labute approximate surface area is 198 Å². The van der Waals surface area contributed by atoms with Crippen molar-refractivity contribution in [3.63, 3.8) is 0 Å². The summed E-state index contributed by atoms with van der Waals surface area (Å²) in [5, 5.41) is 17.5. The summed E-state index contributed by atoms with van der Waals surface area (Å²) < 4.78 is 4.61. The number of phenolic OH excluding ortho intramolecular Hbond substituents is 1. The summed E-state index contributed by atoms with van der Waals surface area (Å²) in [6.45, 7) is 0. The predicted molar refractivity (Wildman–Crippen MR) is 130 cm³/mol. The minimum absolute atomic E-state index is 0.0268. The van der Waals surface area contributed by atoms with Gasteiger partial charge in [0.15, 0.2) is 0 Å². The summed E-state index contributed by atoms with van der Waals surface area (Å²) in [6, 6.07) is 12.4. The molecule has 0 unspecified atom stereocenters. The number of hydrogen-bond acceptors (Lipinski definition) is 8. The van der Waals surface area contributed by atoms with E-state index in [4.69, 9.17) is 4.98 Å². The Balaban J connectivity index is 1.35. The van der Waals surface area contributed by atoms with Gasteiger partial charge in [0.1, 0.15) is 17.1 Å². The maximum absolute atomic E-state index is 12.6. The average Bonchev–Trinajstić information content (AvgIpc) is 2.84. The van der Waals surface area contributed by atoms with Gasteiger partial charge in [-0.2, -0.15) is 4.98 Å². The summed E-state index contributed by atoms with van der Waals surface area (Å²) in [7, 11) is 5.17. The summed E-state index contributed by atoms with van der Waals surface area (Å²) in [6.07, 6.45) is 3.35. The lowest BCUT2D eigenvalue weighted by molar-refractivity contribution is 0.0597. The summed E-state index contributed by atoms with van der Waals surface area (Å²) >= 11 is 0. The molecular weight excluding hydrogens is 434 g/mol. The molecule has 9 nitrogen and oxygen atoms in total. The second-order valence-electron chi connectivity index (χ2n) is 8.67. The van der Waals surface area contributed by atoms with Crippen LogP contribution in [0.5, 0.6) is 5.75 Å². The van der Waals surface area contributed by atoms with E-state index < -0.39 is 5.97 Å². The summed E-state index contributed by atoms with van der Waals surface area (Å²) in [5.41, 5.74) is 1.22. The van der Waals surface area contributed by atoms with Gasteiger partial charge >= 0.3 is 5.97 Å². The average molecular weight is 464 g/mol. The van der Waals surface area contributed by atoms with Crippen LogP contribution in [0.3, 0.4) is 0 Å². The highest BCUT2D eigenvalue weighted by molar-refractivity contribution is 5.98. The number of benzene rings is 2. The van der Waals surface area contributed by atoms with Crippen LogP contribution in [-0.4, -0.2) is 60.2 Å². The van der Waals surface area contributed by atoms with Gasteiger partial charge in [-0.3, -0.25) is 4.79 Å². The number of hydrogen-bond donors (Lipinski definition) is 3. The molecule has 1 aromatic heterocycles. The minimum Gasteiger partial charge on any atom is -0.507 e. The van der Waals surface area contributed by atoms with E-state index in [1.807, 2.05) is 43.3 Å². The normalized spacial score (nSPS) is 17.7. The molecule has 1 saturated carbocycles. The monoisotopic (exact) mass is 463 g/mol. The van der Waals surface area contributed by atoms with E-state index in [-0.39, 0.29) is 29.3 Å². The molecule has 1 heterocycles. The quantitative estimate of drug-likeness (QED) is 0.477. The molecule has 0 atom stereocenters. The lowest BCUT2D eigenvalue weighted by Crippen LogP contribution is -2.40. The molecule has 4 rings (SSSR count). The number of anilines is 2. The number of nitrogens with zero attached hydrogens (tertiary/aromatic N) is 3. The SMILES string of the molecule is COC(=O)c1ccc(C(=O)NC2CCC(Nc3nc(N(C)C)c4ccccc4n3)CC2)cc1O. The lowest BCUT2D eigenvalue weighted by atomic mass is 9.91. The van der Waals surface area contributed by atoms with Crippen molar-refractivity contribution >= 4 is 34.5 Å². The Bertz CT molecular complexity index is 1210. The van der Waals surface area contributed by atoms with Crippen LogP contribution in [-0.2, 0) is 4.74 Å². The second kappa shape index (κ2) is 9.94. The molecule has 1 fully saturated rings. The van der Waals surface area contributed by atoms with Gasteiger partial charge in [-0.25, -0.2) is 9.78 Å². The second-order valence-corrected chi connectivity index (χ2v) is 8.67. The van der Waals surface area contributed by atoms with Gasteiger partial charge in [-0.05, 0) is 56.0 Å². The molecule has 0 spiro atoms. The number of aromatic nitrogens is 2. The maximum Gasteiger partial charge on any atom is 0.341 e. The molecule has 0 saturated heterocycles. The molecule has 34 heavy (non-hydrogen) atoms. The van der Waals surface area contributed by atoms with Crippen LogP contribution in [0.2, 0.25) is 0 Å². The highest BCUT2D eigenvalue weighted by Crippen LogP contribution is 2.27. The van der Waals surface area contributed by atoms with Crippen molar-refractivity contribution in [1.82, 2.24) is 15.3 Å². The van der Waals surface area contributed by atoms with E-state index in [2.05, 4.69) is 20.4 Å². The fraction of sp³-hybridized carbons (Fsp3) is 0.360. The minimum atomic E-state index is -0.650. The lowest BCUT2D eigenvalue weighted by Gasteiger charge is -2.30. The Morgan fingerprint density at radius 1 is 1.03 bits per heavy atom. The first-order valence-electron chi connectivity index (χ1n) is 11.3. The molecule has 1 aliphatic rings. The molecule has 3 aromatic rings. The largest absolute Gasteiger partial charge is 0.507 e. The molecule has 9 heteroatoms. The van der Waals surface area contributed by atoms with Gasteiger partial charge in [-0.15, -0.1) is 0 Å². The third kappa shape index (κ3) is 5.03. The first-order chi connectivity index (χ1) is 16.4. The molecule has 2 aromatic carbocycles. The van der Waals surface area contributed by atoms with Crippen LogP contribution in [0, 0.1) is 0 Å². The van der Waals surface area contributed by atoms with Crippen molar-refractivity contribution in [1.29, 1.82) is 0 Å². The smallest absolute Gasteiger partial charge is 0.341 e. The van der Waals surface area contributed by atoms with Crippen molar-refractivity contribution in [2.24, 2.45) is 0 Å². The van der Waals surface area contributed by atoms with Gasteiger partial charge in [0.2, 0.25) is 5.95 Å². The third-order valence-corrected chi connectivity index (χ3v) is 6.07. The molecular formula is C25H29N5O4. The number of carbonyl (C=O) groups excluding carboxylic acids is 2. The first-order valence-corrected chi connectivity index (χ1v) is 11.3. The number of aromatic hydroxyl groups is 1. The summed E-state index contributed by atoms with van der Waals surface area (Å²) in [5.74, 6) is 0.270. The number of rotatable bonds is 6. The van der Waals surface area contributed by atoms with Crippen LogP contribution in [0.25, 0.3) is 10.9 Å². The van der Waals surface area contributed by atoms with Crippen LogP contribution in [0.4, 0.5) is 11.8 Å². The van der Waals surface area contributed by atoms with Gasteiger partial charge in [0, 0.05) is 37.1 Å². The molecule has 1 amide bonds. The summed E-state index contributed by atoms with van der Waals surface area (Å²) in [4.78, 5) is 35.6. The number of nitrogens with one attached hydrogen (secondary N) is 2. The van der Waals surface area contributed by atoms with Crippen molar-refractivity contribution in [3.8, 4) is 5.75 Å². The maximum atomic E-state index is 12.6. The van der Waals surface area contributed by atoms with Gasteiger partial charge in [0.25, 0.3) is 5.91 Å². The molecule has 0 radical (unpaired) electrons. The molecule has 0 bridgehead atoms. The Hall–Kier alpha value is -3.88. The van der Waals surface area contributed by atoms with Crippen molar-refractivity contribution < 1.29 is 19.4 Å². The van der Waals surface area contributed by atoms with E-state index in [9.17, 15) is 14.7 Å². The number of phenols is 1. The zero-order valence-corrected chi connectivity index (χ0v) is 19.5. The van der Waals surface area contributed by atoms with Crippen LogP contribution in [0.15, 0.2) is 42.5 Å². The number of amides is 1. The number of methoxy groups -OCH3 is 1. The van der Waals surface area contributed by atoms with E-state index in [1.54, 1.807) is 0 Å². The Morgan fingerprint density at radius 2 is 1.74 bits per heavy atom. The first kappa shape index (κ1) is 23.3. The van der Waals surface area contributed by atoms with Crippen LogP contribution in [0.1, 0.15) is 46.4 Å². The number of para-hydroxylation sites is 1. The van der Waals surface area contributed by atoms with Gasteiger partial charge in [-0.1, -0.05) is 12.1 Å². The number of fused-ring (bicyclic) bond motifs is 1. The van der Waals surface area contributed by atoms with Crippen LogP contribution < -0.4 is 15.5 Å². The zero-order valence-electron chi connectivity index (χ0n) is 19.5. The predicted octanol–water partition coefficient (Wildman–Crippen LogP) is 3.34. The third-order valence-electron chi connectivity index (χ3n) is 6.07. The topological polar surface area (TPSA) is 117 Å². The van der Waals surface area contributed by atoms with Crippen molar-refractivity contribution in [2.45, 2.75) is 37.8 Å².